The Morgan fingerprint density at radius 2 is 1.12 bits per heavy atom. The van der Waals surface area contributed by atoms with Gasteiger partial charge in [-0.05, 0) is 34.4 Å². The summed E-state index contributed by atoms with van der Waals surface area (Å²) in [6.07, 6.45) is 4.02. The van der Waals surface area contributed by atoms with Gasteiger partial charge in [0.15, 0.2) is 0 Å². The van der Waals surface area contributed by atoms with Crippen molar-refractivity contribution in [2.75, 3.05) is 4.90 Å². The lowest BCUT2D eigenvalue weighted by atomic mass is 9.85. The van der Waals surface area contributed by atoms with E-state index >= 15 is 0 Å². The molecule has 0 radical (unpaired) electrons. The highest BCUT2D eigenvalue weighted by Gasteiger charge is 2.62. The van der Waals surface area contributed by atoms with Crippen molar-refractivity contribution in [1.29, 1.82) is 0 Å². The van der Waals surface area contributed by atoms with Crippen molar-refractivity contribution < 1.29 is 18.4 Å². The first-order valence-corrected chi connectivity index (χ1v) is 10.9. The maximum Gasteiger partial charge on any atom is 0.238 e. The standard InChI is InChI=1S/C28H19F2NO2/c29-18-13-19(30)15-20(14-18)31-27(32)25-21-11-12-22(26(25)28(31)33)24(21)23(16-7-3-1-4-8-16)17-9-5-2-6-10-17/h1-15,21-22,25-26H/t21-,22-,25-,26-/m1/s1. The van der Waals surface area contributed by atoms with Crippen LogP contribution in [0, 0.1) is 35.3 Å². The fourth-order valence-corrected chi connectivity index (χ4v) is 5.73. The molecule has 0 N–H and O–H groups in total. The number of nitrogens with zero attached hydrogens (tertiary/aromatic N) is 1. The Hall–Kier alpha value is -3.86. The van der Waals surface area contributed by atoms with E-state index in [1.165, 1.54) is 0 Å². The molecule has 0 spiro atoms. The van der Waals surface area contributed by atoms with E-state index in [0.717, 1.165) is 45.4 Å². The summed E-state index contributed by atoms with van der Waals surface area (Å²) >= 11 is 0. The van der Waals surface area contributed by atoms with Gasteiger partial charge in [0.2, 0.25) is 11.8 Å². The van der Waals surface area contributed by atoms with E-state index in [2.05, 4.69) is 0 Å². The number of hydrogen-bond donors (Lipinski definition) is 0. The van der Waals surface area contributed by atoms with Crippen LogP contribution < -0.4 is 4.90 Å². The van der Waals surface area contributed by atoms with Crippen LogP contribution in [0.5, 0.6) is 0 Å². The van der Waals surface area contributed by atoms with Crippen LogP contribution in [0.3, 0.4) is 0 Å². The molecule has 1 saturated heterocycles. The summed E-state index contributed by atoms with van der Waals surface area (Å²) in [6.45, 7) is 0. The quantitative estimate of drug-likeness (QED) is 0.406. The number of rotatable bonds is 3. The molecule has 2 amide bonds. The largest absolute Gasteiger partial charge is 0.274 e. The SMILES string of the molecule is O=C1[C@H]2[C@H](C(=O)N1c1cc(F)cc(F)c1)[C@@H]1C=C[C@@H]2C1=C(c1ccccc1)c1ccccc1. The number of allylic oxidation sites excluding steroid dienone is 3. The zero-order valence-electron chi connectivity index (χ0n) is 17.5. The number of imide groups is 1. The van der Waals surface area contributed by atoms with Crippen LogP contribution >= 0.6 is 0 Å². The summed E-state index contributed by atoms with van der Waals surface area (Å²) in [6, 6.07) is 22.7. The van der Waals surface area contributed by atoms with Crippen molar-refractivity contribution in [2.24, 2.45) is 23.7 Å². The third-order valence-electron chi connectivity index (χ3n) is 6.93. The number of amides is 2. The van der Waals surface area contributed by atoms with Gasteiger partial charge >= 0.3 is 0 Å². The Morgan fingerprint density at radius 1 is 0.667 bits per heavy atom. The fraction of sp³-hybridized carbons (Fsp3) is 0.143. The van der Waals surface area contributed by atoms with Crippen LogP contribution in [0.4, 0.5) is 14.5 Å². The minimum atomic E-state index is -0.820. The van der Waals surface area contributed by atoms with Gasteiger partial charge in [-0.15, -0.1) is 0 Å². The monoisotopic (exact) mass is 439 g/mol. The minimum Gasteiger partial charge on any atom is -0.274 e. The molecule has 2 bridgehead atoms. The summed E-state index contributed by atoms with van der Waals surface area (Å²) in [5, 5.41) is 0. The van der Waals surface area contributed by atoms with Crippen LogP contribution in [0.25, 0.3) is 5.57 Å². The molecule has 3 aliphatic rings. The van der Waals surface area contributed by atoms with Gasteiger partial charge in [0.05, 0.1) is 17.5 Å². The highest BCUT2D eigenvalue weighted by Crippen LogP contribution is 2.58. The average Bonchev–Trinajstić information content (AvgIpc) is 3.44. The van der Waals surface area contributed by atoms with Crippen molar-refractivity contribution in [3.05, 3.63) is 119 Å². The lowest BCUT2D eigenvalue weighted by Gasteiger charge is -2.21. The normalized spacial score (nSPS) is 25.2. The Kier molecular flexibility index (Phi) is 4.40. The molecule has 3 aromatic rings. The molecule has 3 nitrogen and oxygen atoms in total. The zero-order chi connectivity index (χ0) is 22.7. The van der Waals surface area contributed by atoms with Gasteiger partial charge < -0.3 is 0 Å². The molecule has 5 heteroatoms. The topological polar surface area (TPSA) is 37.4 Å². The molecular formula is C28H19F2NO2. The molecule has 1 heterocycles. The molecule has 1 aliphatic heterocycles. The van der Waals surface area contributed by atoms with E-state index in [-0.39, 0.29) is 17.5 Å². The van der Waals surface area contributed by atoms with Crippen LogP contribution in [0.15, 0.2) is 96.6 Å². The Morgan fingerprint density at radius 3 is 1.58 bits per heavy atom. The summed E-state index contributed by atoms with van der Waals surface area (Å²) in [5.41, 5.74) is 4.11. The van der Waals surface area contributed by atoms with Gasteiger partial charge in [0.25, 0.3) is 0 Å². The van der Waals surface area contributed by atoms with Gasteiger partial charge in [0.1, 0.15) is 11.6 Å². The van der Waals surface area contributed by atoms with Gasteiger partial charge in [-0.3, -0.25) is 9.59 Å². The van der Waals surface area contributed by atoms with Crippen molar-refractivity contribution in [3.63, 3.8) is 0 Å². The molecular weight excluding hydrogens is 420 g/mol. The van der Waals surface area contributed by atoms with E-state index in [0.29, 0.717) is 0 Å². The molecule has 0 unspecified atom stereocenters. The number of carbonyl (C=O) groups excluding carboxylic acids is 2. The van der Waals surface area contributed by atoms with E-state index in [9.17, 15) is 18.4 Å². The second-order valence-corrected chi connectivity index (χ2v) is 8.69. The van der Waals surface area contributed by atoms with Crippen LogP contribution in [-0.4, -0.2) is 11.8 Å². The zero-order valence-corrected chi connectivity index (χ0v) is 17.5. The van der Waals surface area contributed by atoms with Crippen molar-refractivity contribution in [2.45, 2.75) is 0 Å². The number of benzene rings is 3. The molecule has 162 valence electrons. The maximum absolute atomic E-state index is 13.8. The van der Waals surface area contributed by atoms with E-state index in [4.69, 9.17) is 0 Å². The van der Waals surface area contributed by atoms with Crippen molar-refractivity contribution in [3.8, 4) is 0 Å². The molecule has 33 heavy (non-hydrogen) atoms. The number of fused-ring (bicyclic) bond motifs is 5. The summed E-state index contributed by atoms with van der Waals surface area (Å²) in [4.78, 5) is 27.9. The number of halogens is 2. The van der Waals surface area contributed by atoms with Gasteiger partial charge in [0, 0.05) is 17.9 Å². The lowest BCUT2D eigenvalue weighted by Crippen LogP contribution is -2.33. The maximum atomic E-state index is 13.8. The summed E-state index contributed by atoms with van der Waals surface area (Å²) < 4.78 is 27.7. The molecule has 0 aromatic heterocycles. The fourth-order valence-electron chi connectivity index (χ4n) is 5.73. The Bertz CT molecular complexity index is 1250. The summed E-state index contributed by atoms with van der Waals surface area (Å²) in [7, 11) is 0. The first-order chi connectivity index (χ1) is 16.0. The first kappa shape index (κ1) is 19.8. The molecule has 2 aliphatic carbocycles. The van der Waals surface area contributed by atoms with Crippen LogP contribution in [-0.2, 0) is 9.59 Å². The Balaban J connectivity index is 1.49. The average molecular weight is 439 g/mol. The number of hydrogen-bond acceptors (Lipinski definition) is 2. The lowest BCUT2D eigenvalue weighted by molar-refractivity contribution is -0.122. The van der Waals surface area contributed by atoms with Gasteiger partial charge in [-0.2, -0.15) is 0 Å². The predicted octanol–water partition coefficient (Wildman–Crippen LogP) is 5.39. The second-order valence-electron chi connectivity index (χ2n) is 8.69. The second kappa shape index (κ2) is 7.34. The van der Waals surface area contributed by atoms with Crippen molar-refractivity contribution in [1.82, 2.24) is 0 Å². The molecule has 6 rings (SSSR count). The number of anilines is 1. The highest BCUT2D eigenvalue weighted by atomic mass is 19.1. The molecule has 3 aromatic carbocycles. The predicted molar refractivity (Wildman–Crippen MR) is 121 cm³/mol. The van der Waals surface area contributed by atoms with Crippen LogP contribution in [0.1, 0.15) is 11.1 Å². The van der Waals surface area contributed by atoms with Crippen LogP contribution in [0.2, 0.25) is 0 Å². The van der Waals surface area contributed by atoms with Gasteiger partial charge in [-0.25, -0.2) is 13.7 Å². The van der Waals surface area contributed by atoms with Gasteiger partial charge in [-0.1, -0.05) is 72.8 Å². The molecule has 2 fully saturated rings. The Labute approximate surface area is 189 Å². The highest BCUT2D eigenvalue weighted by molar-refractivity contribution is 6.23. The number of carbonyl (C=O) groups is 2. The van der Waals surface area contributed by atoms with Crippen molar-refractivity contribution >= 4 is 23.1 Å². The summed E-state index contributed by atoms with van der Waals surface area (Å²) in [5.74, 6) is -4.06. The smallest absolute Gasteiger partial charge is 0.238 e. The van der Waals surface area contributed by atoms with E-state index < -0.39 is 35.3 Å². The molecule has 4 atom stereocenters. The minimum absolute atomic E-state index is 0.0480. The van der Waals surface area contributed by atoms with E-state index in [1.54, 1.807) is 0 Å². The first-order valence-electron chi connectivity index (χ1n) is 10.9. The third-order valence-corrected chi connectivity index (χ3v) is 6.93. The van der Waals surface area contributed by atoms with E-state index in [1.807, 2.05) is 72.8 Å². The third kappa shape index (κ3) is 2.92. The molecule has 1 saturated carbocycles.